The van der Waals surface area contributed by atoms with Crippen molar-refractivity contribution in [3.63, 3.8) is 0 Å². The molecular formula is C12H27B. The molecule has 0 aromatic rings. The van der Waals surface area contributed by atoms with Crippen molar-refractivity contribution in [1.82, 2.24) is 0 Å². The Morgan fingerprint density at radius 3 is 1.92 bits per heavy atom. The molecule has 0 bridgehead atoms. The van der Waals surface area contributed by atoms with E-state index >= 15 is 0 Å². The molecule has 0 aliphatic heterocycles. The lowest BCUT2D eigenvalue weighted by atomic mass is 9.56. The van der Waals surface area contributed by atoms with Crippen molar-refractivity contribution in [3.05, 3.63) is 0 Å². The number of rotatable bonds is 5. The molecule has 0 nitrogen and oxygen atoms in total. The van der Waals surface area contributed by atoms with Gasteiger partial charge in [-0.15, -0.1) is 0 Å². The van der Waals surface area contributed by atoms with Crippen molar-refractivity contribution in [3.8, 4) is 0 Å². The maximum Gasteiger partial charge on any atom is 0.109 e. The van der Waals surface area contributed by atoms with Crippen LogP contribution in [0.15, 0.2) is 0 Å². The molecule has 0 saturated heterocycles. The van der Waals surface area contributed by atoms with Gasteiger partial charge >= 0.3 is 0 Å². The highest BCUT2D eigenvalue weighted by molar-refractivity contribution is 6.15. The minimum absolute atomic E-state index is 0.503. The van der Waals surface area contributed by atoms with Gasteiger partial charge in [0.15, 0.2) is 0 Å². The van der Waals surface area contributed by atoms with Gasteiger partial charge in [-0.25, -0.2) is 0 Å². The molecule has 0 spiro atoms. The van der Waals surface area contributed by atoms with E-state index in [-0.39, 0.29) is 0 Å². The maximum atomic E-state index is 2.42. The molecule has 78 valence electrons. The molecule has 4 atom stereocenters. The molecule has 0 N–H and O–H groups in total. The van der Waals surface area contributed by atoms with Crippen LogP contribution >= 0.6 is 0 Å². The van der Waals surface area contributed by atoms with E-state index in [0.29, 0.717) is 5.31 Å². The molecule has 0 aliphatic carbocycles. The third-order valence-corrected chi connectivity index (χ3v) is 4.47. The molecule has 0 fully saturated rings. The van der Waals surface area contributed by atoms with E-state index in [9.17, 15) is 0 Å². The van der Waals surface area contributed by atoms with Gasteiger partial charge < -0.3 is 0 Å². The Bertz CT molecular complexity index is 140. The lowest BCUT2D eigenvalue weighted by molar-refractivity contribution is 0.216. The van der Waals surface area contributed by atoms with Crippen LogP contribution in [0.25, 0.3) is 0 Å². The van der Waals surface area contributed by atoms with Crippen LogP contribution in [-0.4, -0.2) is 7.85 Å². The molecule has 3 unspecified atom stereocenters. The monoisotopic (exact) mass is 182 g/mol. The second-order valence-corrected chi connectivity index (χ2v) is 5.38. The van der Waals surface area contributed by atoms with E-state index in [4.69, 9.17) is 0 Å². The lowest BCUT2D eigenvalue weighted by Crippen LogP contribution is -2.27. The minimum atomic E-state index is 0.503. The molecule has 1 heteroatoms. The summed E-state index contributed by atoms with van der Waals surface area (Å²) < 4.78 is 0. The fourth-order valence-corrected chi connectivity index (χ4v) is 1.90. The van der Waals surface area contributed by atoms with Crippen LogP contribution < -0.4 is 0 Å². The second-order valence-electron chi connectivity index (χ2n) is 5.38. The molecule has 0 amide bonds. The Morgan fingerprint density at radius 1 is 1.15 bits per heavy atom. The summed E-state index contributed by atoms with van der Waals surface area (Å²) in [6.07, 6.45) is 2.60. The van der Waals surface area contributed by atoms with Crippen LogP contribution in [0.1, 0.15) is 54.4 Å². The summed E-state index contributed by atoms with van der Waals surface area (Å²) in [5.74, 6) is 2.54. The Kier molecular flexibility index (Phi) is 5.10. The quantitative estimate of drug-likeness (QED) is 0.570. The smallest absolute Gasteiger partial charge is 0.0667 e. The van der Waals surface area contributed by atoms with Gasteiger partial charge in [0, 0.05) is 0 Å². The van der Waals surface area contributed by atoms with Crippen molar-refractivity contribution < 1.29 is 0 Å². The van der Waals surface area contributed by atoms with E-state index < -0.39 is 0 Å². The molecular weight excluding hydrogens is 155 g/mol. The zero-order valence-electron chi connectivity index (χ0n) is 10.6. The summed E-state index contributed by atoms with van der Waals surface area (Å²) >= 11 is 0. The predicted molar refractivity (Wildman–Crippen MR) is 65.0 cm³/mol. The molecule has 13 heavy (non-hydrogen) atoms. The molecule has 0 aromatic carbocycles. The van der Waals surface area contributed by atoms with E-state index in [1.54, 1.807) is 0 Å². The highest BCUT2D eigenvalue weighted by atomic mass is 14.3. The molecule has 0 saturated carbocycles. The fourth-order valence-electron chi connectivity index (χ4n) is 1.90. The highest BCUT2D eigenvalue weighted by Gasteiger charge is 2.30. The summed E-state index contributed by atoms with van der Waals surface area (Å²) in [5.41, 5.74) is 0. The first-order valence-corrected chi connectivity index (χ1v) is 5.86. The van der Waals surface area contributed by atoms with Gasteiger partial charge in [0.1, 0.15) is 7.85 Å². The van der Waals surface area contributed by atoms with Crippen molar-refractivity contribution in [2.45, 2.75) is 59.7 Å². The molecule has 0 radical (unpaired) electrons. The first kappa shape index (κ1) is 13.1. The summed E-state index contributed by atoms with van der Waals surface area (Å²) in [4.78, 5) is 0. The van der Waals surface area contributed by atoms with Crippen molar-refractivity contribution in [2.24, 2.45) is 17.8 Å². The largest absolute Gasteiger partial charge is 0.109 e. The fraction of sp³-hybridized carbons (Fsp3) is 1.00. The van der Waals surface area contributed by atoms with Crippen molar-refractivity contribution in [1.29, 1.82) is 0 Å². The van der Waals surface area contributed by atoms with Gasteiger partial charge in [0.25, 0.3) is 0 Å². The van der Waals surface area contributed by atoms with Crippen LogP contribution in [0.2, 0.25) is 5.31 Å². The Hall–Kier alpha value is 0.0649. The van der Waals surface area contributed by atoms with Gasteiger partial charge in [0.2, 0.25) is 0 Å². The number of hydrogen-bond donors (Lipinski definition) is 0. The van der Waals surface area contributed by atoms with Crippen LogP contribution in [0.3, 0.4) is 0 Å². The van der Waals surface area contributed by atoms with Crippen LogP contribution in [-0.2, 0) is 0 Å². The third kappa shape index (κ3) is 3.36. The zero-order chi connectivity index (χ0) is 10.6. The highest BCUT2D eigenvalue weighted by Crippen LogP contribution is 2.42. The van der Waals surface area contributed by atoms with Crippen LogP contribution in [0, 0.1) is 17.8 Å². The van der Waals surface area contributed by atoms with Gasteiger partial charge in [-0.3, -0.25) is 0 Å². The van der Waals surface area contributed by atoms with Gasteiger partial charge in [-0.05, 0) is 17.8 Å². The van der Waals surface area contributed by atoms with E-state index in [1.165, 1.54) is 12.8 Å². The van der Waals surface area contributed by atoms with Crippen molar-refractivity contribution in [2.75, 3.05) is 0 Å². The predicted octanol–water partition coefficient (Wildman–Crippen LogP) is 3.53. The van der Waals surface area contributed by atoms with E-state index in [2.05, 4.69) is 49.4 Å². The topological polar surface area (TPSA) is 0 Å². The number of hydrogen-bond acceptors (Lipinski definition) is 0. The van der Waals surface area contributed by atoms with Crippen LogP contribution in [0.4, 0.5) is 0 Å². The molecule has 0 rings (SSSR count). The lowest BCUT2D eigenvalue weighted by Gasteiger charge is -2.37. The normalized spacial score (nSPS) is 23.2. The third-order valence-electron chi connectivity index (χ3n) is 4.47. The summed E-state index contributed by atoms with van der Waals surface area (Å²) in [7, 11) is 2.40. The summed E-state index contributed by atoms with van der Waals surface area (Å²) in [6, 6.07) is 0. The summed E-state index contributed by atoms with van der Waals surface area (Å²) in [5, 5.41) is 0.503. The molecule has 0 heterocycles. The van der Waals surface area contributed by atoms with E-state index in [0.717, 1.165) is 17.8 Å². The minimum Gasteiger partial charge on any atom is -0.0667 e. The molecule has 0 aliphatic rings. The first-order valence-electron chi connectivity index (χ1n) is 5.86. The molecule has 0 aromatic heterocycles. The Balaban J connectivity index is 4.32. The van der Waals surface area contributed by atoms with Gasteiger partial charge in [-0.1, -0.05) is 59.7 Å². The first-order chi connectivity index (χ1) is 5.86. The standard InChI is InChI=1S/C12H27B/c1-7-9(3)10(4)11(5)12(6,13)8-2/h9-11H,7-8,13H2,1-6H3/t9?,10?,11?,12-/m0/s1. The SMILES string of the molecule is B[C@@](C)(CC)C(C)C(C)C(C)CC. The zero-order valence-corrected chi connectivity index (χ0v) is 10.6. The van der Waals surface area contributed by atoms with Gasteiger partial charge in [-0.2, -0.15) is 0 Å². The Morgan fingerprint density at radius 2 is 1.62 bits per heavy atom. The Labute approximate surface area is 85.9 Å². The van der Waals surface area contributed by atoms with E-state index in [1.807, 2.05) is 0 Å². The average molecular weight is 182 g/mol. The van der Waals surface area contributed by atoms with Crippen LogP contribution in [0.5, 0.6) is 0 Å². The maximum absolute atomic E-state index is 2.42. The summed E-state index contributed by atoms with van der Waals surface area (Å²) in [6.45, 7) is 14.2. The van der Waals surface area contributed by atoms with Gasteiger partial charge in [0.05, 0.1) is 0 Å². The average Bonchev–Trinajstić information content (AvgIpc) is 2.14. The second kappa shape index (κ2) is 5.07. The van der Waals surface area contributed by atoms with Crippen molar-refractivity contribution >= 4 is 7.85 Å².